The van der Waals surface area contributed by atoms with Gasteiger partial charge in [0, 0.05) is 13.1 Å². The Bertz CT molecular complexity index is 735. The molecule has 1 aromatic carbocycles. The first kappa shape index (κ1) is 38.1. The smallest absolute Gasteiger partial charge is 0.340 e. The number of unbranched alkanes of at least 4 members (excludes halogenated alkanes) is 18. The fourth-order valence-corrected chi connectivity index (χ4v) is 5.20. The van der Waals surface area contributed by atoms with Crippen molar-refractivity contribution in [2.24, 2.45) is 0 Å². The quantitative estimate of drug-likeness (QED) is 0.0552. The van der Waals surface area contributed by atoms with Gasteiger partial charge in [0.05, 0.1) is 11.1 Å². The van der Waals surface area contributed by atoms with Gasteiger partial charge in [0.25, 0.3) is 0 Å². The highest BCUT2D eigenvalue weighted by Crippen LogP contribution is 2.14. The molecule has 0 aliphatic carbocycles. The third-order valence-corrected chi connectivity index (χ3v) is 7.99. The molecule has 0 spiro atoms. The molecule has 0 aliphatic rings. The van der Waals surface area contributed by atoms with Gasteiger partial charge >= 0.3 is 11.9 Å². The van der Waals surface area contributed by atoms with Crippen molar-refractivity contribution in [1.82, 2.24) is 9.80 Å². The molecule has 242 valence electrons. The molecule has 0 atom stereocenters. The molecule has 0 radical (unpaired) electrons. The minimum Gasteiger partial charge on any atom is -0.446 e. The molecule has 0 saturated carbocycles. The Morgan fingerprint density at radius 2 is 0.786 bits per heavy atom. The van der Waals surface area contributed by atoms with Crippen LogP contribution in [-0.2, 0) is 9.47 Å². The molecule has 42 heavy (non-hydrogen) atoms. The number of benzene rings is 1. The molecule has 0 unspecified atom stereocenters. The summed E-state index contributed by atoms with van der Waals surface area (Å²) < 4.78 is 11.1. The van der Waals surface area contributed by atoms with Crippen molar-refractivity contribution in [3.63, 3.8) is 0 Å². The Balaban J connectivity index is 2.22. The van der Waals surface area contributed by atoms with Crippen molar-refractivity contribution in [1.29, 1.82) is 0 Å². The van der Waals surface area contributed by atoms with E-state index in [0.29, 0.717) is 0 Å². The van der Waals surface area contributed by atoms with Crippen molar-refractivity contribution in [3.8, 4) is 0 Å². The third-order valence-electron chi connectivity index (χ3n) is 7.99. The van der Waals surface area contributed by atoms with E-state index in [9.17, 15) is 9.59 Å². The van der Waals surface area contributed by atoms with Crippen molar-refractivity contribution in [2.75, 3.05) is 40.6 Å². The highest BCUT2D eigenvalue weighted by molar-refractivity contribution is 6.03. The second-order valence-corrected chi connectivity index (χ2v) is 12.2. The first-order valence-corrected chi connectivity index (χ1v) is 17.3. The van der Waals surface area contributed by atoms with Crippen LogP contribution in [0.4, 0.5) is 0 Å². The molecule has 0 bridgehead atoms. The maximum Gasteiger partial charge on any atom is 0.340 e. The summed E-state index contributed by atoms with van der Waals surface area (Å²) in [4.78, 5) is 29.6. The number of esters is 2. The van der Waals surface area contributed by atoms with E-state index >= 15 is 0 Å². The highest BCUT2D eigenvalue weighted by Gasteiger charge is 2.20. The van der Waals surface area contributed by atoms with Gasteiger partial charge in [0.15, 0.2) is 0 Å². The van der Waals surface area contributed by atoms with Crippen LogP contribution >= 0.6 is 0 Å². The molecule has 1 aromatic rings. The van der Waals surface area contributed by atoms with Crippen LogP contribution in [0.15, 0.2) is 24.3 Å². The van der Waals surface area contributed by atoms with Crippen LogP contribution < -0.4 is 0 Å². The normalized spacial score (nSPS) is 11.4. The zero-order valence-electron chi connectivity index (χ0n) is 27.8. The lowest BCUT2D eigenvalue weighted by Crippen LogP contribution is -2.27. The van der Waals surface area contributed by atoms with E-state index in [1.165, 1.54) is 116 Å². The minimum atomic E-state index is -0.490. The fourth-order valence-electron chi connectivity index (χ4n) is 5.20. The maximum absolute atomic E-state index is 12.8. The van der Waals surface area contributed by atoms with Crippen molar-refractivity contribution in [3.05, 3.63) is 35.4 Å². The van der Waals surface area contributed by atoms with Gasteiger partial charge in [-0.25, -0.2) is 9.59 Å². The van der Waals surface area contributed by atoms with Gasteiger partial charge in [-0.1, -0.05) is 142 Å². The lowest BCUT2D eigenvalue weighted by atomic mass is 10.1. The van der Waals surface area contributed by atoms with Crippen molar-refractivity contribution < 1.29 is 19.1 Å². The van der Waals surface area contributed by atoms with Crippen LogP contribution in [0.3, 0.4) is 0 Å². The lowest BCUT2D eigenvalue weighted by molar-refractivity contribution is 0.0226. The van der Waals surface area contributed by atoms with Gasteiger partial charge in [0.1, 0.15) is 13.5 Å². The molecule has 6 nitrogen and oxygen atoms in total. The number of hydrogen-bond acceptors (Lipinski definition) is 6. The largest absolute Gasteiger partial charge is 0.446 e. The zero-order valence-corrected chi connectivity index (χ0v) is 27.8. The Hall–Kier alpha value is -1.92. The van der Waals surface area contributed by atoms with Crippen LogP contribution in [0, 0.1) is 0 Å². The second-order valence-electron chi connectivity index (χ2n) is 12.2. The van der Waals surface area contributed by atoms with E-state index in [1.54, 1.807) is 24.3 Å². The minimum absolute atomic E-state index is 0.210. The van der Waals surface area contributed by atoms with E-state index in [0.717, 1.165) is 25.9 Å². The van der Waals surface area contributed by atoms with E-state index in [1.807, 2.05) is 23.9 Å². The summed E-state index contributed by atoms with van der Waals surface area (Å²) in [5.41, 5.74) is 0.513. The molecular weight excluding hydrogens is 524 g/mol. The summed E-state index contributed by atoms with van der Waals surface area (Å²) in [5.74, 6) is -0.979. The first-order valence-electron chi connectivity index (χ1n) is 17.3. The van der Waals surface area contributed by atoms with Gasteiger partial charge in [0.2, 0.25) is 0 Å². The summed E-state index contributed by atoms with van der Waals surface area (Å²) in [6.45, 7) is 6.71. The second kappa shape index (κ2) is 26.7. The number of nitrogens with zero attached hydrogens (tertiary/aromatic N) is 2. The van der Waals surface area contributed by atoms with E-state index in [2.05, 4.69) is 13.8 Å². The zero-order chi connectivity index (χ0) is 30.7. The summed E-state index contributed by atoms with van der Waals surface area (Å²) in [6.07, 6.45) is 26.0. The maximum atomic E-state index is 12.8. The number of rotatable bonds is 28. The molecule has 0 fully saturated rings. The molecule has 0 heterocycles. The van der Waals surface area contributed by atoms with E-state index in [-0.39, 0.29) is 24.6 Å². The third kappa shape index (κ3) is 20.1. The molecule has 0 amide bonds. The Morgan fingerprint density at radius 1 is 0.500 bits per heavy atom. The summed E-state index contributed by atoms with van der Waals surface area (Å²) in [6, 6.07) is 6.76. The molecule has 6 heteroatoms. The van der Waals surface area contributed by atoms with Gasteiger partial charge < -0.3 is 9.47 Å². The first-order chi connectivity index (χ1) is 20.5. The number of carbonyl (C=O) groups excluding carboxylic acids is 2. The van der Waals surface area contributed by atoms with Crippen LogP contribution in [0.25, 0.3) is 0 Å². The van der Waals surface area contributed by atoms with Crippen LogP contribution in [0.1, 0.15) is 163 Å². The number of carbonyl (C=O) groups is 2. The Kier molecular flexibility index (Phi) is 24.2. The number of hydrogen-bond donors (Lipinski definition) is 0. The average molecular weight is 589 g/mol. The molecule has 1 rings (SSSR count). The standard InChI is InChI=1S/C36H64N2O4/c1-5-7-9-11-13-15-17-19-21-25-29-37(3)31-41-35(39)33-27-23-24-28-34(33)36(40)42-32-38(4)30-26-22-20-18-16-14-12-10-8-6-2/h23-24,27-28H,5-22,25-26,29-32H2,1-4H3. The SMILES string of the molecule is CCCCCCCCCCCCN(C)COC(=O)c1ccccc1C(=O)OCN(C)CCCCCCCCCCCC. The van der Waals surface area contributed by atoms with Crippen molar-refractivity contribution >= 4 is 11.9 Å². The molecule has 0 saturated heterocycles. The monoisotopic (exact) mass is 588 g/mol. The predicted molar refractivity (Wildman–Crippen MR) is 176 cm³/mol. The average Bonchev–Trinajstić information content (AvgIpc) is 3.00. The molecule has 0 aliphatic heterocycles. The molecule has 0 aromatic heterocycles. The van der Waals surface area contributed by atoms with E-state index in [4.69, 9.17) is 9.47 Å². The topological polar surface area (TPSA) is 59.1 Å². The van der Waals surface area contributed by atoms with Gasteiger partial charge in [-0.2, -0.15) is 0 Å². The van der Waals surface area contributed by atoms with Crippen LogP contribution in [0.2, 0.25) is 0 Å². The van der Waals surface area contributed by atoms with Gasteiger partial charge in [-0.3, -0.25) is 9.80 Å². The predicted octanol–water partition coefficient (Wildman–Crippen LogP) is 9.62. The van der Waals surface area contributed by atoms with Gasteiger partial charge in [-0.05, 0) is 39.1 Å². The Morgan fingerprint density at radius 3 is 1.10 bits per heavy atom. The molecule has 0 N–H and O–H groups in total. The Labute approximate surface area is 258 Å². The highest BCUT2D eigenvalue weighted by atomic mass is 16.6. The summed E-state index contributed by atoms with van der Waals surface area (Å²) in [5, 5.41) is 0. The molecular formula is C36H64N2O4. The van der Waals surface area contributed by atoms with Gasteiger partial charge in [-0.15, -0.1) is 0 Å². The fraction of sp³-hybridized carbons (Fsp3) is 0.778. The number of ether oxygens (including phenoxy) is 2. The van der Waals surface area contributed by atoms with Crippen molar-refractivity contribution in [2.45, 2.75) is 142 Å². The summed E-state index contributed by atoms with van der Waals surface area (Å²) >= 11 is 0. The van der Waals surface area contributed by atoms with E-state index < -0.39 is 11.9 Å². The van der Waals surface area contributed by atoms with Crippen LogP contribution in [0.5, 0.6) is 0 Å². The lowest BCUT2D eigenvalue weighted by Gasteiger charge is -2.18. The van der Waals surface area contributed by atoms with Crippen LogP contribution in [-0.4, -0.2) is 62.4 Å². The summed E-state index contributed by atoms with van der Waals surface area (Å²) in [7, 11) is 3.93.